The number of carbonyl (C=O) groups is 1. The Morgan fingerprint density at radius 3 is 2.26 bits per heavy atom. The number of ether oxygens (including phenoxy) is 2. The number of benzene rings is 2. The van der Waals surface area contributed by atoms with Crippen molar-refractivity contribution in [1.29, 1.82) is 0 Å². The molecule has 1 saturated heterocycles. The van der Waals surface area contributed by atoms with Crippen LogP contribution in [-0.2, 0) is 21.2 Å². The van der Waals surface area contributed by atoms with Crippen molar-refractivity contribution >= 4 is 38.9 Å². The zero-order chi connectivity index (χ0) is 28.3. The maximum Gasteiger partial charge on any atom is 0.284 e. The highest BCUT2D eigenvalue weighted by Gasteiger charge is 2.34. The van der Waals surface area contributed by atoms with Gasteiger partial charge in [-0.1, -0.05) is 70.6 Å². The van der Waals surface area contributed by atoms with E-state index in [4.69, 9.17) is 9.47 Å². The summed E-state index contributed by atoms with van der Waals surface area (Å²) in [5, 5.41) is 0.148. The Kier molecular flexibility index (Phi) is 11.9. The van der Waals surface area contributed by atoms with E-state index in [1.165, 1.54) is 37.0 Å². The lowest BCUT2D eigenvalue weighted by Crippen LogP contribution is -2.29. The number of nitrogens with zero attached hydrogens (tertiary/aromatic N) is 2. The largest absolute Gasteiger partial charge is 0.493 e. The molecule has 9 heteroatoms. The van der Waals surface area contributed by atoms with Gasteiger partial charge in [-0.15, -0.1) is 4.40 Å². The smallest absolute Gasteiger partial charge is 0.284 e. The van der Waals surface area contributed by atoms with Gasteiger partial charge in [0.2, 0.25) is 0 Å². The van der Waals surface area contributed by atoms with E-state index in [1.54, 1.807) is 44.4 Å². The van der Waals surface area contributed by atoms with E-state index in [0.29, 0.717) is 29.6 Å². The molecular weight excluding hydrogens is 532 g/mol. The molecule has 1 fully saturated rings. The minimum Gasteiger partial charge on any atom is -0.493 e. The molecular formula is C30H40N2O5S2. The van der Waals surface area contributed by atoms with E-state index in [1.807, 2.05) is 25.1 Å². The predicted octanol–water partition coefficient (Wildman–Crippen LogP) is 7.07. The van der Waals surface area contributed by atoms with E-state index >= 15 is 0 Å². The van der Waals surface area contributed by atoms with Crippen LogP contribution in [0.1, 0.15) is 76.8 Å². The zero-order valence-corrected chi connectivity index (χ0v) is 25.1. The van der Waals surface area contributed by atoms with Crippen LogP contribution >= 0.6 is 11.8 Å². The highest BCUT2D eigenvalue weighted by Crippen LogP contribution is 2.35. The summed E-state index contributed by atoms with van der Waals surface area (Å²) in [6, 6.07) is 12.2. The molecule has 1 aliphatic heterocycles. The Balaban J connectivity index is 1.70. The van der Waals surface area contributed by atoms with Crippen molar-refractivity contribution in [3.05, 3.63) is 58.5 Å². The molecule has 7 nitrogen and oxygen atoms in total. The normalized spacial score (nSPS) is 15.9. The van der Waals surface area contributed by atoms with Crippen LogP contribution in [0.5, 0.6) is 11.5 Å². The number of carbonyl (C=O) groups excluding carboxylic acids is 1. The molecule has 0 spiro atoms. The van der Waals surface area contributed by atoms with Crippen molar-refractivity contribution in [1.82, 2.24) is 4.90 Å². The van der Waals surface area contributed by atoms with Gasteiger partial charge < -0.3 is 9.47 Å². The van der Waals surface area contributed by atoms with Crippen LogP contribution in [0.25, 0.3) is 6.08 Å². The number of sulfonamides is 1. The molecule has 0 saturated carbocycles. The Morgan fingerprint density at radius 2 is 1.62 bits per heavy atom. The molecule has 0 atom stereocenters. The molecule has 212 valence electrons. The van der Waals surface area contributed by atoms with Crippen molar-refractivity contribution in [2.24, 2.45) is 4.40 Å². The SMILES string of the molecule is CCCCCCCCCOc1ccc(/C=C2\S/C(=N/S(=O)(=O)c3ccc(CC)cc3)N(CC)C2=O)cc1OC. The number of methoxy groups -OCH3 is 1. The van der Waals surface area contributed by atoms with Crippen molar-refractivity contribution in [3.8, 4) is 11.5 Å². The summed E-state index contributed by atoms with van der Waals surface area (Å²) >= 11 is 1.06. The Morgan fingerprint density at radius 1 is 0.923 bits per heavy atom. The number of aryl methyl sites for hydroxylation is 1. The molecule has 1 aliphatic rings. The van der Waals surface area contributed by atoms with Gasteiger partial charge in [0.25, 0.3) is 15.9 Å². The fourth-order valence-corrected chi connectivity index (χ4v) is 6.44. The lowest BCUT2D eigenvalue weighted by atomic mass is 10.1. The van der Waals surface area contributed by atoms with Crippen LogP contribution in [0.3, 0.4) is 0 Å². The monoisotopic (exact) mass is 572 g/mol. The fourth-order valence-electron chi connectivity index (χ4n) is 4.19. The van der Waals surface area contributed by atoms with Crippen molar-refractivity contribution in [2.75, 3.05) is 20.3 Å². The standard InChI is InChI=1S/C30H40N2O5S2/c1-5-8-9-10-11-12-13-20-37-26-19-16-24(21-27(26)36-4)22-28-29(33)32(7-3)30(38-28)31-39(34,35)25-17-14-23(6-2)15-18-25/h14-19,21-22H,5-13,20H2,1-4H3/b28-22-,31-30+. The van der Waals surface area contributed by atoms with Gasteiger partial charge in [0.1, 0.15) is 0 Å². The van der Waals surface area contributed by atoms with Crippen molar-refractivity contribution < 1.29 is 22.7 Å². The number of hydrogen-bond acceptors (Lipinski definition) is 6. The number of hydrogen-bond donors (Lipinski definition) is 0. The molecule has 2 aromatic rings. The first-order chi connectivity index (χ1) is 18.8. The van der Waals surface area contributed by atoms with E-state index in [-0.39, 0.29) is 16.0 Å². The van der Waals surface area contributed by atoms with Crippen LogP contribution in [0.15, 0.2) is 56.7 Å². The summed E-state index contributed by atoms with van der Waals surface area (Å²) in [5.74, 6) is 0.965. The van der Waals surface area contributed by atoms with Gasteiger partial charge in [0.05, 0.1) is 23.5 Å². The molecule has 0 radical (unpaired) electrons. The summed E-state index contributed by atoms with van der Waals surface area (Å²) in [5.41, 5.74) is 1.79. The lowest BCUT2D eigenvalue weighted by molar-refractivity contribution is -0.122. The van der Waals surface area contributed by atoms with Gasteiger partial charge in [-0.3, -0.25) is 9.69 Å². The quantitative estimate of drug-likeness (QED) is 0.168. The molecule has 0 N–H and O–H groups in total. The molecule has 0 aliphatic carbocycles. The van der Waals surface area contributed by atoms with Gasteiger partial charge in [-0.25, -0.2) is 0 Å². The molecule has 0 aromatic heterocycles. The van der Waals surface area contributed by atoms with Crippen molar-refractivity contribution in [2.45, 2.75) is 77.0 Å². The van der Waals surface area contributed by atoms with Crippen molar-refractivity contribution in [3.63, 3.8) is 0 Å². The summed E-state index contributed by atoms with van der Waals surface area (Å²) in [6.45, 7) is 6.95. The lowest BCUT2D eigenvalue weighted by Gasteiger charge is -2.12. The van der Waals surface area contributed by atoms with Gasteiger partial charge in [-0.2, -0.15) is 8.42 Å². The van der Waals surface area contributed by atoms with Gasteiger partial charge in [0, 0.05) is 6.54 Å². The molecule has 1 heterocycles. The number of unbranched alkanes of at least 4 members (excludes halogenated alkanes) is 6. The van der Waals surface area contributed by atoms with Gasteiger partial charge in [0.15, 0.2) is 16.7 Å². The highest BCUT2D eigenvalue weighted by molar-refractivity contribution is 8.19. The Bertz CT molecular complexity index is 1270. The van der Waals surface area contributed by atoms with Crippen LogP contribution < -0.4 is 9.47 Å². The maximum absolute atomic E-state index is 13.1. The average Bonchev–Trinajstić information content (AvgIpc) is 3.23. The third-order valence-electron chi connectivity index (χ3n) is 6.52. The van der Waals surface area contributed by atoms with E-state index in [2.05, 4.69) is 11.3 Å². The third kappa shape index (κ3) is 8.60. The number of likely N-dealkylation sites (N-methyl/N-ethyl adjacent to an activating group) is 1. The fraction of sp³-hybridized carbons (Fsp3) is 0.467. The van der Waals surface area contributed by atoms with Crippen LogP contribution in [0.2, 0.25) is 0 Å². The summed E-state index contributed by atoms with van der Waals surface area (Å²) in [7, 11) is -2.37. The summed E-state index contributed by atoms with van der Waals surface area (Å²) in [4.78, 5) is 14.9. The summed E-state index contributed by atoms with van der Waals surface area (Å²) in [6.07, 6.45) is 11.0. The first-order valence-electron chi connectivity index (χ1n) is 13.8. The minimum absolute atomic E-state index is 0.102. The molecule has 2 aromatic carbocycles. The molecule has 3 rings (SSSR count). The Hall–Kier alpha value is -2.78. The number of amides is 1. The summed E-state index contributed by atoms with van der Waals surface area (Å²) < 4.78 is 41.4. The van der Waals surface area contributed by atoms with Crippen LogP contribution in [0.4, 0.5) is 0 Å². The molecule has 1 amide bonds. The maximum atomic E-state index is 13.1. The first kappa shape index (κ1) is 30.8. The number of rotatable bonds is 15. The van der Waals surface area contributed by atoms with Gasteiger partial charge in [-0.05, 0) is 73.0 Å². The van der Waals surface area contributed by atoms with Crippen LogP contribution in [0, 0.1) is 0 Å². The zero-order valence-electron chi connectivity index (χ0n) is 23.4. The average molecular weight is 573 g/mol. The Labute approximate surface area is 237 Å². The van der Waals surface area contributed by atoms with E-state index in [9.17, 15) is 13.2 Å². The second-order valence-corrected chi connectivity index (χ2v) is 12.0. The molecule has 0 unspecified atom stereocenters. The highest BCUT2D eigenvalue weighted by atomic mass is 32.2. The van der Waals surface area contributed by atoms with E-state index < -0.39 is 10.0 Å². The second-order valence-electron chi connectivity index (χ2n) is 9.39. The second kappa shape index (κ2) is 15.1. The topological polar surface area (TPSA) is 85.3 Å². The minimum atomic E-state index is -3.96. The van der Waals surface area contributed by atoms with E-state index in [0.717, 1.165) is 42.2 Å². The third-order valence-corrected chi connectivity index (χ3v) is 8.93. The molecule has 0 bridgehead atoms. The predicted molar refractivity (Wildman–Crippen MR) is 160 cm³/mol. The first-order valence-corrected chi connectivity index (χ1v) is 16.0. The van der Waals surface area contributed by atoms with Gasteiger partial charge >= 0.3 is 0 Å². The number of amidine groups is 1. The molecule has 39 heavy (non-hydrogen) atoms. The number of thioether (sulfide) groups is 1. The van der Waals surface area contributed by atoms with Crippen LogP contribution in [-0.4, -0.2) is 44.7 Å².